The van der Waals surface area contributed by atoms with Gasteiger partial charge in [0.2, 0.25) is 0 Å². The number of thiophene rings is 1. The molecule has 0 saturated heterocycles. The van der Waals surface area contributed by atoms with Gasteiger partial charge in [0.25, 0.3) is 11.8 Å². The van der Waals surface area contributed by atoms with E-state index in [0.717, 1.165) is 18.2 Å². The first-order valence-corrected chi connectivity index (χ1v) is 6.05. The monoisotopic (exact) mass is 282 g/mol. The number of amides is 2. The summed E-state index contributed by atoms with van der Waals surface area (Å²) in [7, 11) is 0. The van der Waals surface area contributed by atoms with Crippen molar-refractivity contribution in [2.24, 2.45) is 0 Å². The molecule has 0 aliphatic heterocycles. The van der Waals surface area contributed by atoms with Crippen LogP contribution in [0.5, 0.6) is 0 Å². The summed E-state index contributed by atoms with van der Waals surface area (Å²) in [6, 6.07) is 5.98. The third-order valence-electron chi connectivity index (χ3n) is 2.22. The van der Waals surface area contributed by atoms with Gasteiger partial charge in [-0.15, -0.1) is 11.3 Å². The molecule has 7 heteroatoms. The summed E-state index contributed by atoms with van der Waals surface area (Å²) in [5.41, 5.74) is 4.19. The number of benzene rings is 1. The van der Waals surface area contributed by atoms with Crippen LogP contribution in [0.4, 0.5) is 8.78 Å². The molecular formula is C12H8F2N2O2S. The molecule has 0 bridgehead atoms. The van der Waals surface area contributed by atoms with E-state index in [2.05, 4.69) is 10.9 Å². The van der Waals surface area contributed by atoms with Crippen LogP contribution in [0, 0.1) is 11.6 Å². The predicted molar refractivity (Wildman–Crippen MR) is 65.6 cm³/mol. The van der Waals surface area contributed by atoms with Crippen molar-refractivity contribution in [1.29, 1.82) is 0 Å². The summed E-state index contributed by atoms with van der Waals surface area (Å²) in [5, 5.41) is 1.71. The van der Waals surface area contributed by atoms with Crippen molar-refractivity contribution in [3.8, 4) is 0 Å². The molecule has 2 aromatic rings. The van der Waals surface area contributed by atoms with Gasteiger partial charge >= 0.3 is 0 Å². The molecule has 0 radical (unpaired) electrons. The zero-order valence-corrected chi connectivity index (χ0v) is 10.3. The van der Waals surface area contributed by atoms with Crippen molar-refractivity contribution in [3.05, 3.63) is 57.8 Å². The van der Waals surface area contributed by atoms with Gasteiger partial charge in [-0.2, -0.15) is 0 Å². The Labute approximate surface area is 111 Å². The maximum atomic E-state index is 12.9. The molecule has 2 amide bonds. The lowest BCUT2D eigenvalue weighted by Gasteiger charge is -2.06. The summed E-state index contributed by atoms with van der Waals surface area (Å²) in [4.78, 5) is 23.5. The average Bonchev–Trinajstić information content (AvgIpc) is 2.92. The number of rotatable bonds is 2. The molecule has 0 aliphatic carbocycles. The van der Waals surface area contributed by atoms with Gasteiger partial charge in [0.15, 0.2) is 11.6 Å². The Kier molecular flexibility index (Phi) is 3.86. The van der Waals surface area contributed by atoms with E-state index in [-0.39, 0.29) is 5.56 Å². The zero-order valence-electron chi connectivity index (χ0n) is 9.44. The normalized spacial score (nSPS) is 10.0. The SMILES string of the molecule is O=C(NNC(=O)c1cccs1)c1ccc(F)c(F)c1. The van der Waals surface area contributed by atoms with Crippen molar-refractivity contribution >= 4 is 23.2 Å². The highest BCUT2D eigenvalue weighted by Crippen LogP contribution is 2.09. The number of hydrazine groups is 1. The highest BCUT2D eigenvalue weighted by molar-refractivity contribution is 7.12. The van der Waals surface area contributed by atoms with E-state index in [1.54, 1.807) is 17.5 Å². The molecule has 0 saturated carbocycles. The number of halogens is 2. The minimum atomic E-state index is -1.13. The Bertz CT molecular complexity index is 614. The average molecular weight is 282 g/mol. The number of carbonyl (C=O) groups is 2. The van der Waals surface area contributed by atoms with E-state index in [1.807, 2.05) is 0 Å². The number of carbonyl (C=O) groups excluding carboxylic acids is 2. The second-order valence-corrected chi connectivity index (χ2v) is 4.46. The molecule has 1 heterocycles. The molecule has 0 unspecified atom stereocenters. The van der Waals surface area contributed by atoms with Crippen LogP contribution in [-0.4, -0.2) is 11.8 Å². The van der Waals surface area contributed by atoms with Crippen LogP contribution in [0.25, 0.3) is 0 Å². The van der Waals surface area contributed by atoms with Crippen LogP contribution in [-0.2, 0) is 0 Å². The molecule has 0 aliphatic rings. The van der Waals surface area contributed by atoms with E-state index < -0.39 is 23.4 Å². The number of hydrogen-bond donors (Lipinski definition) is 2. The highest BCUT2D eigenvalue weighted by Gasteiger charge is 2.11. The minimum absolute atomic E-state index is 0.0922. The molecule has 0 fully saturated rings. The third kappa shape index (κ3) is 3.14. The fourth-order valence-corrected chi connectivity index (χ4v) is 1.91. The van der Waals surface area contributed by atoms with Crippen LogP contribution >= 0.6 is 11.3 Å². The Balaban J connectivity index is 1.98. The topological polar surface area (TPSA) is 58.2 Å². The smallest absolute Gasteiger partial charge is 0.267 e. The van der Waals surface area contributed by atoms with Crippen LogP contribution in [0.3, 0.4) is 0 Å². The van der Waals surface area contributed by atoms with Crippen LogP contribution in [0.1, 0.15) is 20.0 Å². The fraction of sp³-hybridized carbons (Fsp3) is 0. The van der Waals surface area contributed by atoms with Gasteiger partial charge in [0.05, 0.1) is 4.88 Å². The van der Waals surface area contributed by atoms with E-state index in [9.17, 15) is 18.4 Å². The molecule has 2 rings (SSSR count). The Morgan fingerprint density at radius 1 is 1.00 bits per heavy atom. The second kappa shape index (κ2) is 5.57. The molecule has 98 valence electrons. The van der Waals surface area contributed by atoms with Crippen LogP contribution < -0.4 is 10.9 Å². The Hall–Kier alpha value is -2.28. The van der Waals surface area contributed by atoms with Crippen molar-refractivity contribution in [2.45, 2.75) is 0 Å². The summed E-state index contributed by atoms with van der Waals surface area (Å²) < 4.78 is 25.6. The first-order chi connectivity index (χ1) is 9.08. The van der Waals surface area contributed by atoms with Crippen LogP contribution in [0.2, 0.25) is 0 Å². The molecule has 0 spiro atoms. The van der Waals surface area contributed by atoms with E-state index in [0.29, 0.717) is 4.88 Å². The van der Waals surface area contributed by atoms with Gasteiger partial charge in [-0.3, -0.25) is 20.4 Å². The quantitative estimate of drug-likeness (QED) is 0.829. The lowest BCUT2D eigenvalue weighted by Crippen LogP contribution is -2.41. The first kappa shape index (κ1) is 13.2. The Morgan fingerprint density at radius 3 is 2.37 bits per heavy atom. The van der Waals surface area contributed by atoms with Gasteiger partial charge in [-0.25, -0.2) is 8.78 Å². The molecule has 1 aromatic heterocycles. The van der Waals surface area contributed by atoms with Crippen molar-refractivity contribution < 1.29 is 18.4 Å². The molecule has 2 N–H and O–H groups in total. The summed E-state index contributed by atoms with van der Waals surface area (Å²) in [6.45, 7) is 0. The summed E-state index contributed by atoms with van der Waals surface area (Å²) in [5.74, 6) is -3.38. The first-order valence-electron chi connectivity index (χ1n) is 5.17. The lowest BCUT2D eigenvalue weighted by molar-refractivity contribution is 0.0848. The standard InChI is InChI=1S/C12H8F2N2O2S/c13-8-4-3-7(6-9(8)14)11(17)15-16-12(18)10-2-1-5-19-10/h1-6H,(H,15,17)(H,16,18). The molecule has 19 heavy (non-hydrogen) atoms. The van der Waals surface area contributed by atoms with E-state index in [4.69, 9.17) is 0 Å². The van der Waals surface area contributed by atoms with E-state index >= 15 is 0 Å². The number of hydrogen-bond acceptors (Lipinski definition) is 3. The Morgan fingerprint density at radius 2 is 1.74 bits per heavy atom. The van der Waals surface area contributed by atoms with Crippen molar-refractivity contribution in [2.75, 3.05) is 0 Å². The molecule has 0 atom stereocenters. The molecule has 4 nitrogen and oxygen atoms in total. The molecular weight excluding hydrogens is 274 g/mol. The summed E-state index contributed by atoms with van der Waals surface area (Å²) in [6.07, 6.45) is 0. The summed E-state index contributed by atoms with van der Waals surface area (Å²) >= 11 is 1.21. The van der Waals surface area contributed by atoms with Gasteiger partial charge < -0.3 is 0 Å². The van der Waals surface area contributed by atoms with Crippen molar-refractivity contribution in [1.82, 2.24) is 10.9 Å². The van der Waals surface area contributed by atoms with Gasteiger partial charge in [-0.05, 0) is 29.6 Å². The van der Waals surface area contributed by atoms with Gasteiger partial charge in [0, 0.05) is 5.56 Å². The zero-order chi connectivity index (χ0) is 13.8. The third-order valence-corrected chi connectivity index (χ3v) is 3.08. The number of nitrogens with one attached hydrogen (secondary N) is 2. The van der Waals surface area contributed by atoms with Gasteiger partial charge in [0.1, 0.15) is 0 Å². The fourth-order valence-electron chi connectivity index (χ4n) is 1.29. The largest absolute Gasteiger partial charge is 0.279 e. The van der Waals surface area contributed by atoms with Crippen LogP contribution in [0.15, 0.2) is 35.7 Å². The highest BCUT2D eigenvalue weighted by atomic mass is 32.1. The maximum Gasteiger partial charge on any atom is 0.279 e. The van der Waals surface area contributed by atoms with Gasteiger partial charge in [-0.1, -0.05) is 6.07 Å². The lowest BCUT2D eigenvalue weighted by atomic mass is 10.2. The minimum Gasteiger partial charge on any atom is -0.267 e. The van der Waals surface area contributed by atoms with E-state index in [1.165, 1.54) is 11.3 Å². The predicted octanol–water partition coefficient (Wildman–Crippen LogP) is 2.10. The second-order valence-electron chi connectivity index (χ2n) is 3.51. The maximum absolute atomic E-state index is 12.9. The van der Waals surface area contributed by atoms with Crippen molar-refractivity contribution in [3.63, 3.8) is 0 Å². The molecule has 1 aromatic carbocycles.